The highest BCUT2D eigenvalue weighted by Gasteiger charge is 2.10. The van der Waals surface area contributed by atoms with Gasteiger partial charge in [-0.3, -0.25) is 9.59 Å². The van der Waals surface area contributed by atoms with Gasteiger partial charge in [-0.2, -0.15) is 5.10 Å². The first-order valence-corrected chi connectivity index (χ1v) is 10.8. The van der Waals surface area contributed by atoms with Crippen molar-refractivity contribution in [3.05, 3.63) is 71.3 Å². The van der Waals surface area contributed by atoms with Gasteiger partial charge in [0, 0.05) is 24.1 Å². The number of hydrogen-bond donors (Lipinski definition) is 2. The number of aryl methyl sites for hydroxylation is 2. The minimum absolute atomic E-state index is 0.0444. The smallest absolute Gasteiger partial charge is 0.240 e. The maximum Gasteiger partial charge on any atom is 0.240 e. The van der Waals surface area contributed by atoms with Crippen molar-refractivity contribution in [3.8, 4) is 5.75 Å². The molecule has 0 unspecified atom stereocenters. The van der Waals surface area contributed by atoms with Crippen molar-refractivity contribution < 1.29 is 14.3 Å². The molecule has 32 heavy (non-hydrogen) atoms. The number of carbonyl (C=O) groups is 2. The van der Waals surface area contributed by atoms with Crippen molar-refractivity contribution in [2.24, 2.45) is 5.10 Å². The Labute approximate surface area is 188 Å². The summed E-state index contributed by atoms with van der Waals surface area (Å²) in [5, 5.41) is 9.03. The summed E-state index contributed by atoms with van der Waals surface area (Å²) in [7, 11) is 0. The minimum Gasteiger partial charge on any atom is -0.493 e. The van der Waals surface area contributed by atoms with Gasteiger partial charge in [0.2, 0.25) is 11.8 Å². The molecule has 0 saturated heterocycles. The highest BCUT2D eigenvalue weighted by atomic mass is 16.5. The maximum absolute atomic E-state index is 12.2. The van der Waals surface area contributed by atoms with E-state index in [1.807, 2.05) is 75.4 Å². The second-order valence-corrected chi connectivity index (χ2v) is 7.71. The van der Waals surface area contributed by atoms with Crippen molar-refractivity contribution in [2.45, 2.75) is 40.0 Å². The molecule has 2 N–H and O–H groups in total. The molecule has 0 fully saturated rings. The number of rotatable bonds is 9. The minimum atomic E-state index is -0.325. The average Bonchev–Trinajstić information content (AvgIpc) is 2.79. The number of amides is 2. The van der Waals surface area contributed by atoms with E-state index in [2.05, 4.69) is 15.8 Å². The van der Waals surface area contributed by atoms with E-state index in [9.17, 15) is 9.59 Å². The molecule has 166 valence electrons. The van der Waals surface area contributed by atoms with Crippen LogP contribution in [0.4, 0.5) is 5.69 Å². The normalized spacial score (nSPS) is 11.0. The lowest BCUT2D eigenvalue weighted by Gasteiger charge is -2.11. The number of ether oxygens (including phenoxy) is 1. The lowest BCUT2D eigenvalue weighted by atomic mass is 10.0. The molecule has 6 heteroatoms. The first-order chi connectivity index (χ1) is 15.5. The molecular weight excluding hydrogens is 402 g/mol. The molecule has 2 amide bonds. The maximum atomic E-state index is 12.2. The number of carbonyl (C=O) groups excluding carboxylic acids is 2. The third-order valence-corrected chi connectivity index (χ3v) is 5.02. The van der Waals surface area contributed by atoms with Gasteiger partial charge in [0.25, 0.3) is 0 Å². The predicted octanol–water partition coefficient (Wildman–Crippen LogP) is 5.11. The van der Waals surface area contributed by atoms with Crippen LogP contribution in [0.25, 0.3) is 10.8 Å². The Kier molecular flexibility index (Phi) is 7.97. The van der Waals surface area contributed by atoms with E-state index in [0.717, 1.165) is 45.3 Å². The van der Waals surface area contributed by atoms with Crippen molar-refractivity contribution in [1.82, 2.24) is 5.43 Å². The lowest BCUT2D eigenvalue weighted by Crippen LogP contribution is -2.21. The molecule has 0 aliphatic rings. The molecule has 0 heterocycles. The highest BCUT2D eigenvalue weighted by molar-refractivity contribution is 6.02. The fraction of sp³-hybridized carbons (Fsp3) is 0.269. The third kappa shape index (κ3) is 6.17. The van der Waals surface area contributed by atoms with Crippen molar-refractivity contribution in [1.29, 1.82) is 0 Å². The van der Waals surface area contributed by atoms with Crippen LogP contribution >= 0.6 is 0 Å². The fourth-order valence-electron chi connectivity index (χ4n) is 3.28. The van der Waals surface area contributed by atoms with E-state index in [0.29, 0.717) is 6.61 Å². The third-order valence-electron chi connectivity index (χ3n) is 5.02. The second kappa shape index (κ2) is 11.1. The van der Waals surface area contributed by atoms with Gasteiger partial charge in [-0.15, -0.1) is 0 Å². The van der Waals surface area contributed by atoms with Crippen LogP contribution in [0.2, 0.25) is 0 Å². The summed E-state index contributed by atoms with van der Waals surface area (Å²) in [6.45, 7) is 6.55. The van der Waals surface area contributed by atoms with Crippen molar-refractivity contribution >= 4 is 34.5 Å². The first-order valence-electron chi connectivity index (χ1n) is 10.8. The van der Waals surface area contributed by atoms with Crippen LogP contribution in [-0.4, -0.2) is 24.6 Å². The van der Waals surface area contributed by atoms with E-state index in [1.165, 1.54) is 0 Å². The number of benzene rings is 3. The standard InChI is InChI=1S/C26H29N3O3/c1-4-15-32-24-12-11-20-7-5-6-8-21(20)22(24)17-27-29-26(31)14-13-25(30)28-23-16-18(2)9-10-19(23)3/h5-12,16-17H,4,13-15H2,1-3H3,(H,28,30)(H,29,31). The summed E-state index contributed by atoms with van der Waals surface area (Å²) in [4.78, 5) is 24.4. The predicted molar refractivity (Wildman–Crippen MR) is 129 cm³/mol. The zero-order chi connectivity index (χ0) is 22.9. The summed E-state index contributed by atoms with van der Waals surface area (Å²) < 4.78 is 5.85. The zero-order valence-electron chi connectivity index (χ0n) is 18.8. The topological polar surface area (TPSA) is 79.8 Å². The molecule has 0 aromatic heterocycles. The second-order valence-electron chi connectivity index (χ2n) is 7.71. The molecule has 0 aliphatic heterocycles. The molecule has 0 bridgehead atoms. The van der Waals surface area contributed by atoms with Gasteiger partial charge in [-0.25, -0.2) is 5.43 Å². The van der Waals surface area contributed by atoms with E-state index in [1.54, 1.807) is 6.21 Å². The molecule has 3 aromatic carbocycles. The van der Waals surface area contributed by atoms with Gasteiger partial charge >= 0.3 is 0 Å². The summed E-state index contributed by atoms with van der Waals surface area (Å²) >= 11 is 0. The number of anilines is 1. The Morgan fingerprint density at radius 3 is 2.59 bits per heavy atom. The highest BCUT2D eigenvalue weighted by Crippen LogP contribution is 2.26. The molecule has 6 nitrogen and oxygen atoms in total. The van der Waals surface area contributed by atoms with Crippen LogP contribution in [-0.2, 0) is 9.59 Å². The van der Waals surface area contributed by atoms with Crippen LogP contribution in [0, 0.1) is 13.8 Å². The number of nitrogens with zero attached hydrogens (tertiary/aromatic N) is 1. The SMILES string of the molecule is CCCOc1ccc2ccccc2c1C=NNC(=O)CCC(=O)Nc1cc(C)ccc1C. The Balaban J connectivity index is 1.59. The molecular formula is C26H29N3O3. The molecule has 0 saturated carbocycles. The summed E-state index contributed by atoms with van der Waals surface area (Å²) in [5.74, 6) is 0.187. The fourth-order valence-corrected chi connectivity index (χ4v) is 3.28. The molecule has 3 aromatic rings. The van der Waals surface area contributed by atoms with Crippen LogP contribution in [0.5, 0.6) is 5.75 Å². The summed E-state index contributed by atoms with van der Waals surface area (Å²) in [5.41, 5.74) is 6.14. The van der Waals surface area contributed by atoms with E-state index >= 15 is 0 Å². The Morgan fingerprint density at radius 1 is 1.00 bits per heavy atom. The van der Waals surface area contributed by atoms with Crippen molar-refractivity contribution in [3.63, 3.8) is 0 Å². The zero-order valence-corrected chi connectivity index (χ0v) is 18.8. The van der Waals surface area contributed by atoms with E-state index in [-0.39, 0.29) is 24.7 Å². The number of hydrogen-bond acceptors (Lipinski definition) is 4. The molecule has 0 atom stereocenters. The number of fused-ring (bicyclic) bond motifs is 1. The Bertz CT molecular complexity index is 1140. The van der Waals surface area contributed by atoms with Crippen LogP contribution < -0.4 is 15.5 Å². The molecule has 0 spiro atoms. The lowest BCUT2D eigenvalue weighted by molar-refractivity contribution is -0.124. The first kappa shape index (κ1) is 23.0. The average molecular weight is 432 g/mol. The van der Waals surface area contributed by atoms with E-state index in [4.69, 9.17) is 4.74 Å². The molecule has 0 radical (unpaired) electrons. The summed E-state index contributed by atoms with van der Waals surface area (Å²) in [6, 6.07) is 17.7. The van der Waals surface area contributed by atoms with E-state index < -0.39 is 0 Å². The molecule has 0 aliphatic carbocycles. The largest absolute Gasteiger partial charge is 0.493 e. The number of hydrazone groups is 1. The van der Waals surface area contributed by atoms with Crippen LogP contribution in [0.15, 0.2) is 59.7 Å². The number of nitrogens with one attached hydrogen (secondary N) is 2. The Morgan fingerprint density at radius 2 is 1.78 bits per heavy atom. The van der Waals surface area contributed by atoms with Gasteiger partial charge in [-0.1, -0.05) is 49.4 Å². The Hall–Kier alpha value is -3.67. The van der Waals surface area contributed by atoms with Gasteiger partial charge in [-0.05, 0) is 54.3 Å². The van der Waals surface area contributed by atoms with Gasteiger partial charge in [0.1, 0.15) is 5.75 Å². The van der Waals surface area contributed by atoms with Gasteiger partial charge in [0.05, 0.1) is 12.8 Å². The van der Waals surface area contributed by atoms with Crippen molar-refractivity contribution in [2.75, 3.05) is 11.9 Å². The monoisotopic (exact) mass is 431 g/mol. The van der Waals surface area contributed by atoms with Crippen LogP contribution in [0.3, 0.4) is 0 Å². The van der Waals surface area contributed by atoms with Gasteiger partial charge in [0.15, 0.2) is 0 Å². The molecule has 3 rings (SSSR count). The summed E-state index contributed by atoms with van der Waals surface area (Å²) in [6.07, 6.45) is 2.61. The van der Waals surface area contributed by atoms with Crippen LogP contribution in [0.1, 0.15) is 42.9 Å². The van der Waals surface area contributed by atoms with Gasteiger partial charge < -0.3 is 10.1 Å². The quantitative estimate of drug-likeness (QED) is 0.365.